The van der Waals surface area contributed by atoms with Crippen molar-refractivity contribution in [2.24, 2.45) is 11.8 Å². The van der Waals surface area contributed by atoms with Gasteiger partial charge in [0.15, 0.2) is 0 Å². The first kappa shape index (κ1) is 12.4. The molecule has 1 saturated carbocycles. The molecule has 2 fully saturated rings. The molecule has 0 aromatic heterocycles. The fourth-order valence-corrected chi connectivity index (χ4v) is 3.23. The van der Waals surface area contributed by atoms with Gasteiger partial charge in [-0.15, -0.1) is 0 Å². The lowest BCUT2D eigenvalue weighted by atomic mass is 9.82. The van der Waals surface area contributed by atoms with Gasteiger partial charge in [0, 0.05) is 6.54 Å². The summed E-state index contributed by atoms with van der Waals surface area (Å²) in [5.41, 5.74) is 0. The van der Waals surface area contributed by atoms with Crippen molar-refractivity contribution in [3.8, 4) is 0 Å². The summed E-state index contributed by atoms with van der Waals surface area (Å²) in [5, 5.41) is 3.61. The lowest BCUT2D eigenvalue weighted by Gasteiger charge is -2.27. The molecule has 1 aliphatic heterocycles. The van der Waals surface area contributed by atoms with E-state index in [0.717, 1.165) is 18.4 Å². The van der Waals surface area contributed by atoms with E-state index in [1.807, 2.05) is 0 Å². The molecule has 1 saturated heterocycles. The molecular weight excluding hydrogens is 198 g/mol. The van der Waals surface area contributed by atoms with Crippen molar-refractivity contribution in [3.63, 3.8) is 0 Å². The zero-order chi connectivity index (χ0) is 11.4. The van der Waals surface area contributed by atoms with Crippen LogP contribution < -0.4 is 5.32 Å². The third kappa shape index (κ3) is 3.74. The first-order valence-corrected chi connectivity index (χ1v) is 7.10. The van der Waals surface area contributed by atoms with Crippen LogP contribution >= 0.6 is 0 Å². The third-order valence-corrected chi connectivity index (χ3v) is 4.17. The van der Waals surface area contributed by atoms with Crippen LogP contribution in [0.1, 0.15) is 52.4 Å². The van der Waals surface area contributed by atoms with Crippen molar-refractivity contribution >= 4 is 0 Å². The van der Waals surface area contributed by atoms with Gasteiger partial charge in [0.05, 0.1) is 12.2 Å². The molecule has 94 valence electrons. The quantitative estimate of drug-likeness (QED) is 0.794. The topological polar surface area (TPSA) is 21.3 Å². The van der Waals surface area contributed by atoms with Crippen LogP contribution in [0.15, 0.2) is 0 Å². The van der Waals surface area contributed by atoms with E-state index in [1.165, 1.54) is 45.1 Å². The predicted octanol–water partition coefficient (Wildman–Crippen LogP) is 2.97. The van der Waals surface area contributed by atoms with E-state index in [4.69, 9.17) is 4.74 Å². The van der Waals surface area contributed by atoms with Gasteiger partial charge in [-0.25, -0.2) is 0 Å². The Kier molecular flexibility index (Phi) is 4.66. The van der Waals surface area contributed by atoms with E-state index in [0.29, 0.717) is 12.2 Å². The van der Waals surface area contributed by atoms with Gasteiger partial charge in [0.1, 0.15) is 0 Å². The molecule has 0 spiro atoms. The highest BCUT2D eigenvalue weighted by atomic mass is 16.5. The summed E-state index contributed by atoms with van der Waals surface area (Å²) in [4.78, 5) is 0. The van der Waals surface area contributed by atoms with Crippen molar-refractivity contribution in [2.75, 3.05) is 13.1 Å². The normalized spacial score (nSPS) is 40.1. The minimum absolute atomic E-state index is 0.482. The van der Waals surface area contributed by atoms with Crippen LogP contribution in [0.5, 0.6) is 0 Å². The molecule has 4 unspecified atom stereocenters. The SMILES string of the molecule is CC1CCCC(CNCC2CCC(C)O2)C1. The highest BCUT2D eigenvalue weighted by Gasteiger charge is 2.22. The van der Waals surface area contributed by atoms with Gasteiger partial charge in [-0.3, -0.25) is 0 Å². The lowest BCUT2D eigenvalue weighted by molar-refractivity contribution is 0.0551. The number of hydrogen-bond acceptors (Lipinski definition) is 2. The Morgan fingerprint density at radius 2 is 1.94 bits per heavy atom. The summed E-state index contributed by atoms with van der Waals surface area (Å²) in [6.45, 7) is 6.85. The van der Waals surface area contributed by atoms with Gasteiger partial charge in [-0.05, 0) is 51.0 Å². The van der Waals surface area contributed by atoms with Crippen LogP contribution in [-0.2, 0) is 4.74 Å². The Labute approximate surface area is 100 Å². The molecule has 0 aromatic rings. The fraction of sp³-hybridized carbons (Fsp3) is 1.00. The van der Waals surface area contributed by atoms with Crippen LogP contribution in [0.3, 0.4) is 0 Å². The first-order valence-electron chi connectivity index (χ1n) is 7.10. The molecule has 1 aliphatic carbocycles. The number of ether oxygens (including phenoxy) is 1. The van der Waals surface area contributed by atoms with E-state index < -0.39 is 0 Å². The van der Waals surface area contributed by atoms with E-state index in [2.05, 4.69) is 19.2 Å². The van der Waals surface area contributed by atoms with Gasteiger partial charge in [0.2, 0.25) is 0 Å². The van der Waals surface area contributed by atoms with Gasteiger partial charge < -0.3 is 10.1 Å². The third-order valence-electron chi connectivity index (χ3n) is 4.17. The lowest BCUT2D eigenvalue weighted by Crippen LogP contribution is -2.32. The average Bonchev–Trinajstić information content (AvgIpc) is 2.64. The number of rotatable bonds is 4. The molecule has 1 N–H and O–H groups in total. The van der Waals surface area contributed by atoms with Gasteiger partial charge in [0.25, 0.3) is 0 Å². The number of nitrogens with one attached hydrogen (secondary N) is 1. The van der Waals surface area contributed by atoms with Crippen molar-refractivity contribution in [3.05, 3.63) is 0 Å². The van der Waals surface area contributed by atoms with Crippen molar-refractivity contribution < 1.29 is 4.74 Å². The Balaban J connectivity index is 1.57. The molecule has 2 rings (SSSR count). The summed E-state index contributed by atoms with van der Waals surface area (Å²) in [6, 6.07) is 0. The molecular formula is C14H27NO. The second-order valence-electron chi connectivity index (χ2n) is 5.94. The molecule has 4 atom stereocenters. The molecule has 0 amide bonds. The van der Waals surface area contributed by atoms with Crippen LogP contribution in [-0.4, -0.2) is 25.3 Å². The highest BCUT2D eigenvalue weighted by molar-refractivity contribution is 4.75. The Bertz CT molecular complexity index is 207. The molecule has 16 heavy (non-hydrogen) atoms. The summed E-state index contributed by atoms with van der Waals surface area (Å²) >= 11 is 0. The van der Waals surface area contributed by atoms with Gasteiger partial charge in [-0.1, -0.05) is 19.8 Å². The Morgan fingerprint density at radius 1 is 1.06 bits per heavy atom. The number of hydrogen-bond donors (Lipinski definition) is 1. The minimum atomic E-state index is 0.482. The maximum absolute atomic E-state index is 5.81. The molecule has 2 aliphatic rings. The Morgan fingerprint density at radius 3 is 2.62 bits per heavy atom. The summed E-state index contributed by atoms with van der Waals surface area (Å²) in [5.74, 6) is 1.87. The van der Waals surface area contributed by atoms with Crippen LogP contribution in [0.25, 0.3) is 0 Å². The Hall–Kier alpha value is -0.0800. The first-order chi connectivity index (χ1) is 7.74. The molecule has 0 radical (unpaired) electrons. The molecule has 1 heterocycles. The van der Waals surface area contributed by atoms with Gasteiger partial charge >= 0.3 is 0 Å². The predicted molar refractivity (Wildman–Crippen MR) is 67.6 cm³/mol. The van der Waals surface area contributed by atoms with E-state index in [1.54, 1.807) is 0 Å². The van der Waals surface area contributed by atoms with Crippen LogP contribution in [0.2, 0.25) is 0 Å². The van der Waals surface area contributed by atoms with Crippen LogP contribution in [0, 0.1) is 11.8 Å². The summed E-state index contributed by atoms with van der Waals surface area (Å²) < 4.78 is 5.81. The maximum atomic E-state index is 5.81. The second-order valence-corrected chi connectivity index (χ2v) is 5.94. The maximum Gasteiger partial charge on any atom is 0.0704 e. The largest absolute Gasteiger partial charge is 0.374 e. The molecule has 2 nitrogen and oxygen atoms in total. The molecule has 0 bridgehead atoms. The zero-order valence-corrected chi connectivity index (χ0v) is 10.9. The van der Waals surface area contributed by atoms with Crippen molar-refractivity contribution in [2.45, 2.75) is 64.6 Å². The molecule has 2 heteroatoms. The van der Waals surface area contributed by atoms with E-state index >= 15 is 0 Å². The molecule has 0 aromatic carbocycles. The van der Waals surface area contributed by atoms with Gasteiger partial charge in [-0.2, -0.15) is 0 Å². The highest BCUT2D eigenvalue weighted by Crippen LogP contribution is 2.28. The van der Waals surface area contributed by atoms with E-state index in [9.17, 15) is 0 Å². The average molecular weight is 225 g/mol. The monoisotopic (exact) mass is 225 g/mol. The minimum Gasteiger partial charge on any atom is -0.374 e. The van der Waals surface area contributed by atoms with Crippen molar-refractivity contribution in [1.82, 2.24) is 5.32 Å². The van der Waals surface area contributed by atoms with E-state index in [-0.39, 0.29) is 0 Å². The van der Waals surface area contributed by atoms with Crippen molar-refractivity contribution in [1.29, 1.82) is 0 Å². The second kappa shape index (κ2) is 6.02. The fourth-order valence-electron chi connectivity index (χ4n) is 3.23. The zero-order valence-electron chi connectivity index (χ0n) is 10.9. The summed E-state index contributed by atoms with van der Waals surface area (Å²) in [7, 11) is 0. The standard InChI is InChI=1S/C14H27NO/c1-11-4-3-5-13(8-11)9-15-10-14-7-6-12(2)16-14/h11-15H,3-10H2,1-2H3. The van der Waals surface area contributed by atoms with Crippen LogP contribution in [0.4, 0.5) is 0 Å². The summed E-state index contributed by atoms with van der Waals surface area (Å²) in [6.07, 6.45) is 9.19. The smallest absolute Gasteiger partial charge is 0.0704 e.